The Balaban J connectivity index is 1.88. The van der Waals surface area contributed by atoms with Gasteiger partial charge in [0.2, 0.25) is 0 Å². The summed E-state index contributed by atoms with van der Waals surface area (Å²) < 4.78 is 7.93. The zero-order valence-electron chi connectivity index (χ0n) is 12.6. The van der Waals surface area contributed by atoms with Crippen LogP contribution in [0, 0.1) is 0 Å². The molecule has 1 aromatic carbocycles. The number of nitrogens with zero attached hydrogens (tertiary/aromatic N) is 2. The van der Waals surface area contributed by atoms with Gasteiger partial charge < -0.3 is 14.6 Å². The van der Waals surface area contributed by atoms with Crippen molar-refractivity contribution in [2.75, 3.05) is 6.61 Å². The van der Waals surface area contributed by atoms with E-state index in [9.17, 15) is 0 Å². The van der Waals surface area contributed by atoms with Crippen molar-refractivity contribution in [3.63, 3.8) is 0 Å². The van der Waals surface area contributed by atoms with E-state index >= 15 is 0 Å². The highest BCUT2D eigenvalue weighted by atomic mass is 35.5. The molecule has 1 N–H and O–H groups in total. The Kier molecular flexibility index (Phi) is 6.08. The van der Waals surface area contributed by atoms with E-state index in [4.69, 9.17) is 16.3 Å². The molecule has 1 heterocycles. The lowest BCUT2D eigenvalue weighted by atomic mass is 10.2. The second-order valence-electron chi connectivity index (χ2n) is 5.25. The smallest absolute Gasteiger partial charge is 0.125 e. The maximum Gasteiger partial charge on any atom is 0.125 e. The Morgan fingerprint density at radius 2 is 2.24 bits per heavy atom. The molecule has 0 aliphatic carbocycles. The molecule has 0 atom stereocenters. The molecule has 114 valence electrons. The Morgan fingerprint density at radius 1 is 1.38 bits per heavy atom. The summed E-state index contributed by atoms with van der Waals surface area (Å²) in [6.07, 6.45) is 6.49. The highest BCUT2D eigenvalue weighted by Crippen LogP contribution is 2.26. The van der Waals surface area contributed by atoms with Crippen LogP contribution < -0.4 is 10.1 Å². The van der Waals surface area contributed by atoms with Gasteiger partial charge in [0.15, 0.2) is 0 Å². The quantitative estimate of drug-likeness (QED) is 0.759. The van der Waals surface area contributed by atoms with Crippen LogP contribution >= 0.6 is 11.6 Å². The van der Waals surface area contributed by atoms with Crippen LogP contribution in [0.5, 0.6) is 5.75 Å². The average molecular weight is 308 g/mol. The summed E-state index contributed by atoms with van der Waals surface area (Å²) >= 11 is 6.27. The molecule has 2 aromatic rings. The number of halogens is 1. The Morgan fingerprint density at radius 3 is 2.95 bits per heavy atom. The van der Waals surface area contributed by atoms with Gasteiger partial charge in [-0.25, -0.2) is 4.98 Å². The molecule has 0 saturated carbocycles. The van der Waals surface area contributed by atoms with E-state index in [1.54, 1.807) is 6.20 Å². The third kappa shape index (κ3) is 5.06. The van der Waals surface area contributed by atoms with Crippen LogP contribution in [0.4, 0.5) is 0 Å². The van der Waals surface area contributed by atoms with E-state index in [1.807, 2.05) is 35.3 Å². The molecular formula is C16H22ClN3O. The topological polar surface area (TPSA) is 39.1 Å². The van der Waals surface area contributed by atoms with Crippen LogP contribution in [-0.4, -0.2) is 22.2 Å². The fourth-order valence-corrected chi connectivity index (χ4v) is 2.23. The summed E-state index contributed by atoms with van der Waals surface area (Å²) in [4.78, 5) is 4.02. The van der Waals surface area contributed by atoms with Gasteiger partial charge in [0.25, 0.3) is 0 Å². The van der Waals surface area contributed by atoms with E-state index in [-0.39, 0.29) is 0 Å². The van der Waals surface area contributed by atoms with Crippen LogP contribution in [-0.2, 0) is 13.1 Å². The van der Waals surface area contributed by atoms with Crippen molar-refractivity contribution >= 4 is 11.6 Å². The van der Waals surface area contributed by atoms with Crippen LogP contribution in [0.15, 0.2) is 36.9 Å². The average Bonchev–Trinajstić information content (AvgIpc) is 2.95. The molecule has 0 fully saturated rings. The molecule has 0 amide bonds. The predicted octanol–water partition coefficient (Wildman–Crippen LogP) is 3.50. The molecule has 0 unspecified atom stereocenters. The minimum atomic E-state index is 0.412. The Labute approximate surface area is 131 Å². The summed E-state index contributed by atoms with van der Waals surface area (Å²) in [6, 6.07) is 6.21. The summed E-state index contributed by atoms with van der Waals surface area (Å²) in [5, 5.41) is 4.12. The zero-order chi connectivity index (χ0) is 15.1. The van der Waals surface area contributed by atoms with Gasteiger partial charge in [-0.05, 0) is 18.6 Å². The largest absolute Gasteiger partial charge is 0.493 e. The molecule has 0 aliphatic rings. The van der Waals surface area contributed by atoms with Crippen molar-refractivity contribution in [2.24, 2.45) is 0 Å². The van der Waals surface area contributed by atoms with Gasteiger partial charge in [-0.15, -0.1) is 0 Å². The van der Waals surface area contributed by atoms with Crippen molar-refractivity contribution in [2.45, 2.75) is 39.4 Å². The summed E-state index contributed by atoms with van der Waals surface area (Å²) in [5.74, 6) is 0.862. The van der Waals surface area contributed by atoms with Crippen molar-refractivity contribution in [3.8, 4) is 5.75 Å². The fourth-order valence-electron chi connectivity index (χ4n) is 2.00. The summed E-state index contributed by atoms with van der Waals surface area (Å²) in [5.41, 5.74) is 1.02. The lowest BCUT2D eigenvalue weighted by molar-refractivity contribution is 0.298. The molecule has 5 heteroatoms. The third-order valence-electron chi connectivity index (χ3n) is 3.14. The van der Waals surface area contributed by atoms with Crippen LogP contribution in [0.2, 0.25) is 5.02 Å². The van der Waals surface area contributed by atoms with Crippen LogP contribution in [0.25, 0.3) is 0 Å². The standard InChI is InChI=1S/C16H22ClN3O/c1-13(2)19-11-14-15(17)5-3-6-16(14)21-10-4-8-20-9-7-18-12-20/h3,5-7,9,12-13,19H,4,8,10-11H2,1-2H3. The monoisotopic (exact) mass is 307 g/mol. The Bertz CT molecular complexity index is 540. The molecule has 4 nitrogen and oxygen atoms in total. The minimum absolute atomic E-state index is 0.412. The first-order valence-corrected chi connectivity index (χ1v) is 7.64. The lowest BCUT2D eigenvalue weighted by Gasteiger charge is -2.15. The molecule has 21 heavy (non-hydrogen) atoms. The molecule has 0 saturated heterocycles. The van der Waals surface area contributed by atoms with Crippen molar-refractivity contribution in [3.05, 3.63) is 47.5 Å². The number of rotatable bonds is 8. The molecule has 2 rings (SSSR count). The number of aryl methyl sites for hydroxylation is 1. The highest BCUT2D eigenvalue weighted by molar-refractivity contribution is 6.31. The zero-order valence-corrected chi connectivity index (χ0v) is 13.3. The normalized spacial score (nSPS) is 11.0. The van der Waals surface area contributed by atoms with Gasteiger partial charge in [0.1, 0.15) is 5.75 Å². The number of hydrogen-bond donors (Lipinski definition) is 1. The third-order valence-corrected chi connectivity index (χ3v) is 3.49. The second kappa shape index (κ2) is 8.05. The van der Waals surface area contributed by atoms with Crippen molar-refractivity contribution in [1.29, 1.82) is 0 Å². The summed E-state index contributed by atoms with van der Waals surface area (Å²) in [6.45, 7) is 6.51. The first kappa shape index (κ1) is 15.9. The maximum atomic E-state index is 6.27. The first-order valence-electron chi connectivity index (χ1n) is 7.26. The van der Waals surface area contributed by atoms with Gasteiger partial charge in [-0.3, -0.25) is 0 Å². The Hall–Kier alpha value is -1.52. The number of aromatic nitrogens is 2. The van der Waals surface area contributed by atoms with E-state index < -0.39 is 0 Å². The number of benzene rings is 1. The van der Waals surface area contributed by atoms with E-state index in [2.05, 4.69) is 24.1 Å². The van der Waals surface area contributed by atoms with Gasteiger partial charge >= 0.3 is 0 Å². The number of nitrogens with one attached hydrogen (secondary N) is 1. The first-order chi connectivity index (χ1) is 10.2. The molecule has 0 bridgehead atoms. The number of imidazole rings is 1. The molecule has 1 aromatic heterocycles. The fraction of sp³-hybridized carbons (Fsp3) is 0.438. The molecule has 0 radical (unpaired) electrons. The van der Waals surface area contributed by atoms with Crippen molar-refractivity contribution in [1.82, 2.24) is 14.9 Å². The SMILES string of the molecule is CC(C)NCc1c(Cl)cccc1OCCCn1ccnc1. The minimum Gasteiger partial charge on any atom is -0.493 e. The molecular weight excluding hydrogens is 286 g/mol. The number of ether oxygens (including phenoxy) is 1. The maximum absolute atomic E-state index is 6.27. The highest BCUT2D eigenvalue weighted by Gasteiger charge is 2.08. The van der Waals surface area contributed by atoms with E-state index in [0.29, 0.717) is 19.2 Å². The number of hydrogen-bond acceptors (Lipinski definition) is 3. The molecule has 0 spiro atoms. The summed E-state index contributed by atoms with van der Waals surface area (Å²) in [7, 11) is 0. The van der Waals surface area contributed by atoms with Gasteiger partial charge in [-0.1, -0.05) is 31.5 Å². The van der Waals surface area contributed by atoms with Crippen LogP contribution in [0.1, 0.15) is 25.8 Å². The lowest BCUT2D eigenvalue weighted by Crippen LogP contribution is -2.22. The van der Waals surface area contributed by atoms with Gasteiger partial charge in [-0.2, -0.15) is 0 Å². The van der Waals surface area contributed by atoms with Crippen LogP contribution in [0.3, 0.4) is 0 Å². The van der Waals surface area contributed by atoms with E-state index in [1.165, 1.54) is 0 Å². The van der Waals surface area contributed by atoms with Crippen molar-refractivity contribution < 1.29 is 4.74 Å². The van der Waals surface area contributed by atoms with Gasteiger partial charge in [0.05, 0.1) is 12.9 Å². The second-order valence-corrected chi connectivity index (χ2v) is 5.66. The predicted molar refractivity (Wildman–Crippen MR) is 85.8 cm³/mol. The van der Waals surface area contributed by atoms with Gasteiger partial charge in [0, 0.05) is 42.1 Å². The van der Waals surface area contributed by atoms with E-state index in [0.717, 1.165) is 29.3 Å². The molecule has 0 aliphatic heterocycles.